The van der Waals surface area contributed by atoms with E-state index >= 15 is 0 Å². The molecule has 0 spiro atoms. The third kappa shape index (κ3) is 1.87. The molecule has 0 saturated carbocycles. The molecule has 0 amide bonds. The van der Waals surface area contributed by atoms with Crippen LogP contribution in [-0.4, -0.2) is 19.1 Å². The lowest BCUT2D eigenvalue weighted by Crippen LogP contribution is -2.16. The van der Waals surface area contributed by atoms with E-state index in [-0.39, 0.29) is 5.56 Å². The van der Waals surface area contributed by atoms with Crippen LogP contribution in [0.2, 0.25) is 0 Å². The van der Waals surface area contributed by atoms with Gasteiger partial charge in [-0.3, -0.25) is 4.79 Å². The maximum atomic E-state index is 11.6. The minimum Gasteiger partial charge on any atom is -0.425 e. The Hall–Kier alpha value is -1.36. The van der Waals surface area contributed by atoms with Crippen molar-refractivity contribution < 1.29 is 4.42 Å². The molecule has 0 N–H and O–H groups in total. The van der Waals surface area contributed by atoms with Crippen LogP contribution in [0.15, 0.2) is 31.9 Å². The van der Waals surface area contributed by atoms with Crippen LogP contribution in [0.4, 0.5) is 6.01 Å². The number of nitrogens with zero attached hydrogens (tertiary/aromatic N) is 2. The summed E-state index contributed by atoms with van der Waals surface area (Å²) in [4.78, 5) is 17.1. The first kappa shape index (κ1) is 10.2. The summed E-state index contributed by atoms with van der Waals surface area (Å²) in [5.74, 6) is 0. The highest BCUT2D eigenvalue weighted by atomic mass is 79.9. The monoisotopic (exact) mass is 268 g/mol. The number of aromatic nitrogens is 1. The van der Waals surface area contributed by atoms with Gasteiger partial charge in [-0.25, -0.2) is 0 Å². The Bertz CT molecular complexity index is 563. The Morgan fingerprint density at radius 1 is 1.40 bits per heavy atom. The molecule has 2 rings (SSSR count). The first-order chi connectivity index (χ1) is 7.08. The molecule has 0 unspecified atom stereocenters. The highest BCUT2D eigenvalue weighted by Crippen LogP contribution is 2.19. The van der Waals surface area contributed by atoms with E-state index in [1.54, 1.807) is 31.1 Å². The van der Waals surface area contributed by atoms with Gasteiger partial charge in [0.2, 0.25) is 0 Å². The summed E-state index contributed by atoms with van der Waals surface area (Å²) in [5, 5.41) is 0.481. The molecule has 2 aromatic rings. The normalized spacial score (nSPS) is 10.6. The SMILES string of the molecule is CN(C)c1nc(=O)c2cc(Br)ccc2o1. The van der Waals surface area contributed by atoms with E-state index in [4.69, 9.17) is 4.42 Å². The molecule has 0 fully saturated rings. The third-order valence-electron chi connectivity index (χ3n) is 1.95. The summed E-state index contributed by atoms with van der Waals surface area (Å²) in [5.41, 5.74) is 0.267. The molecule has 0 bridgehead atoms. The largest absolute Gasteiger partial charge is 0.425 e. The fourth-order valence-corrected chi connectivity index (χ4v) is 1.58. The summed E-state index contributed by atoms with van der Waals surface area (Å²) < 4.78 is 6.29. The van der Waals surface area contributed by atoms with E-state index in [0.29, 0.717) is 17.0 Å². The average Bonchev–Trinajstić information content (AvgIpc) is 2.18. The second kappa shape index (κ2) is 3.66. The number of halogens is 1. The number of benzene rings is 1. The molecular formula is C10H9BrN2O2. The molecule has 1 aromatic carbocycles. The van der Waals surface area contributed by atoms with Crippen molar-refractivity contribution in [3.05, 3.63) is 33.0 Å². The number of hydrogen-bond donors (Lipinski definition) is 0. The van der Waals surface area contributed by atoms with Crippen LogP contribution in [0.5, 0.6) is 0 Å². The molecule has 0 saturated heterocycles. The van der Waals surface area contributed by atoms with E-state index in [2.05, 4.69) is 20.9 Å². The lowest BCUT2D eigenvalue weighted by Gasteiger charge is -2.08. The molecule has 0 aliphatic rings. The Balaban J connectivity index is 2.79. The zero-order valence-electron chi connectivity index (χ0n) is 8.32. The zero-order valence-corrected chi connectivity index (χ0v) is 9.91. The van der Waals surface area contributed by atoms with Crippen molar-refractivity contribution in [3.8, 4) is 0 Å². The molecule has 78 valence electrons. The Kier molecular flexibility index (Phi) is 2.48. The van der Waals surface area contributed by atoms with Crippen molar-refractivity contribution in [2.24, 2.45) is 0 Å². The molecule has 1 heterocycles. The lowest BCUT2D eigenvalue weighted by molar-refractivity contribution is 0.572. The predicted molar refractivity (Wildman–Crippen MR) is 62.3 cm³/mol. The van der Waals surface area contributed by atoms with E-state index in [9.17, 15) is 4.79 Å². The number of anilines is 1. The van der Waals surface area contributed by atoms with Gasteiger partial charge in [0, 0.05) is 18.6 Å². The topological polar surface area (TPSA) is 46.3 Å². The third-order valence-corrected chi connectivity index (χ3v) is 2.45. The maximum absolute atomic E-state index is 11.6. The molecule has 0 radical (unpaired) electrons. The van der Waals surface area contributed by atoms with Gasteiger partial charge < -0.3 is 9.32 Å². The van der Waals surface area contributed by atoms with Gasteiger partial charge in [-0.05, 0) is 18.2 Å². The smallest absolute Gasteiger partial charge is 0.300 e. The van der Waals surface area contributed by atoms with Crippen molar-refractivity contribution in [3.63, 3.8) is 0 Å². The van der Waals surface area contributed by atoms with Gasteiger partial charge in [0.15, 0.2) is 0 Å². The molecule has 0 aliphatic heterocycles. The van der Waals surface area contributed by atoms with Crippen molar-refractivity contribution in [2.45, 2.75) is 0 Å². The molecule has 0 atom stereocenters. The molecule has 5 heteroatoms. The van der Waals surface area contributed by atoms with Crippen LogP contribution in [-0.2, 0) is 0 Å². The van der Waals surface area contributed by atoms with Gasteiger partial charge >= 0.3 is 6.01 Å². The fraction of sp³-hybridized carbons (Fsp3) is 0.200. The number of fused-ring (bicyclic) bond motifs is 1. The van der Waals surface area contributed by atoms with Gasteiger partial charge in [0.1, 0.15) is 5.58 Å². The van der Waals surface area contributed by atoms with Crippen molar-refractivity contribution >= 4 is 32.9 Å². The van der Waals surface area contributed by atoms with Crippen molar-refractivity contribution in [1.29, 1.82) is 0 Å². The Morgan fingerprint density at radius 2 is 2.13 bits per heavy atom. The predicted octanol–water partition coefficient (Wildman–Crippen LogP) is 2.02. The van der Waals surface area contributed by atoms with Crippen LogP contribution in [0.25, 0.3) is 11.0 Å². The lowest BCUT2D eigenvalue weighted by atomic mass is 10.2. The van der Waals surface area contributed by atoms with Gasteiger partial charge in [0.05, 0.1) is 5.39 Å². The van der Waals surface area contributed by atoms with Gasteiger partial charge in [-0.15, -0.1) is 0 Å². The van der Waals surface area contributed by atoms with Crippen LogP contribution < -0.4 is 10.5 Å². The minimum absolute atomic E-state index is 0.277. The second-order valence-electron chi connectivity index (χ2n) is 3.34. The van der Waals surface area contributed by atoms with Crippen molar-refractivity contribution in [2.75, 3.05) is 19.0 Å². The van der Waals surface area contributed by atoms with E-state index in [0.717, 1.165) is 4.47 Å². The summed E-state index contributed by atoms with van der Waals surface area (Å²) in [6.07, 6.45) is 0. The summed E-state index contributed by atoms with van der Waals surface area (Å²) >= 11 is 3.30. The molecule has 0 aliphatic carbocycles. The molecular weight excluding hydrogens is 260 g/mol. The number of rotatable bonds is 1. The van der Waals surface area contributed by atoms with Crippen LogP contribution >= 0.6 is 15.9 Å². The van der Waals surface area contributed by atoms with Gasteiger partial charge in [0.25, 0.3) is 5.56 Å². The molecule has 1 aromatic heterocycles. The first-order valence-electron chi connectivity index (χ1n) is 4.35. The summed E-state index contributed by atoms with van der Waals surface area (Å²) in [6.45, 7) is 0. The van der Waals surface area contributed by atoms with E-state index in [1.165, 1.54) is 0 Å². The van der Waals surface area contributed by atoms with Crippen LogP contribution in [0.3, 0.4) is 0 Å². The second-order valence-corrected chi connectivity index (χ2v) is 4.25. The van der Waals surface area contributed by atoms with Crippen LogP contribution in [0.1, 0.15) is 0 Å². The number of hydrogen-bond acceptors (Lipinski definition) is 4. The van der Waals surface area contributed by atoms with Gasteiger partial charge in [-0.2, -0.15) is 4.98 Å². The standard InChI is InChI=1S/C10H9BrN2O2/c1-13(2)10-12-9(14)7-5-6(11)3-4-8(7)15-10/h3-5H,1-2H3. The molecule has 4 nitrogen and oxygen atoms in total. The zero-order chi connectivity index (χ0) is 11.0. The van der Waals surface area contributed by atoms with Gasteiger partial charge in [-0.1, -0.05) is 15.9 Å². The maximum Gasteiger partial charge on any atom is 0.300 e. The first-order valence-corrected chi connectivity index (χ1v) is 5.15. The molecule has 15 heavy (non-hydrogen) atoms. The quantitative estimate of drug-likeness (QED) is 0.794. The highest BCUT2D eigenvalue weighted by Gasteiger charge is 2.07. The Morgan fingerprint density at radius 3 is 2.80 bits per heavy atom. The van der Waals surface area contributed by atoms with E-state index in [1.807, 2.05) is 6.07 Å². The Labute approximate surface area is 94.7 Å². The van der Waals surface area contributed by atoms with Crippen molar-refractivity contribution in [1.82, 2.24) is 4.98 Å². The highest BCUT2D eigenvalue weighted by molar-refractivity contribution is 9.10. The minimum atomic E-state index is -0.277. The average molecular weight is 269 g/mol. The summed E-state index contributed by atoms with van der Waals surface area (Å²) in [6, 6.07) is 5.59. The summed E-state index contributed by atoms with van der Waals surface area (Å²) in [7, 11) is 3.55. The van der Waals surface area contributed by atoms with E-state index < -0.39 is 0 Å². The van der Waals surface area contributed by atoms with Crippen LogP contribution in [0, 0.1) is 0 Å². The fourth-order valence-electron chi connectivity index (χ4n) is 1.22.